The van der Waals surface area contributed by atoms with E-state index in [4.69, 9.17) is 46.1 Å². The molecule has 0 aliphatic carbocycles. The highest BCUT2D eigenvalue weighted by Crippen LogP contribution is 2.43. The van der Waals surface area contributed by atoms with Crippen LogP contribution in [0.2, 0.25) is 0 Å². The van der Waals surface area contributed by atoms with E-state index in [1.807, 2.05) is 6.92 Å². The third-order valence-corrected chi connectivity index (χ3v) is 21.1. The number of amides is 7. The summed E-state index contributed by atoms with van der Waals surface area (Å²) in [5, 5.41) is 43.5. The van der Waals surface area contributed by atoms with Crippen molar-refractivity contribution >= 4 is 110 Å². The number of pyridine rings is 1. The number of aryl methyl sites for hydroxylation is 1. The average molecular weight is 1340 g/mol. The van der Waals surface area contributed by atoms with Crippen LogP contribution in [0.1, 0.15) is 123 Å². The first-order valence-electron chi connectivity index (χ1n) is 28.7. The Morgan fingerprint density at radius 1 is 0.692 bits per heavy atom. The number of carbonyl (C=O) groups excluding carboxylic acids is 7. The van der Waals surface area contributed by atoms with Gasteiger partial charge in [-0.25, -0.2) is 39.7 Å². The maximum atomic E-state index is 15.3. The first-order chi connectivity index (χ1) is 43.9. The summed E-state index contributed by atoms with van der Waals surface area (Å²) in [5.74, 6) is -4.81. The van der Waals surface area contributed by atoms with Gasteiger partial charge in [0.1, 0.15) is 87.7 Å². The normalized spacial score (nSPS) is 20.1. The lowest BCUT2D eigenvalue weighted by molar-refractivity contribution is -0.134. The van der Waals surface area contributed by atoms with Gasteiger partial charge in [0.2, 0.25) is 11.8 Å². The number of aromatic hydroxyl groups is 1. The quantitative estimate of drug-likeness (QED) is 0.0598. The van der Waals surface area contributed by atoms with Crippen molar-refractivity contribution in [3.05, 3.63) is 147 Å². The molecule has 3 aliphatic rings. The molecule has 7 aromatic heterocycles. The number of phenolic OH excluding ortho intramolecular Hbond substituents is 1. The van der Waals surface area contributed by atoms with Gasteiger partial charge in [-0.2, -0.15) is 0 Å². The number of carbonyl (C=O) groups is 7. The van der Waals surface area contributed by atoms with Crippen LogP contribution in [0.25, 0.3) is 43.4 Å². The molecule has 0 unspecified atom stereocenters. The van der Waals surface area contributed by atoms with Crippen molar-refractivity contribution in [2.24, 2.45) is 17.4 Å². The molecule has 468 valence electrons. The van der Waals surface area contributed by atoms with Crippen LogP contribution in [0.15, 0.2) is 93.6 Å². The molecular weight excluding hydrogens is 1280 g/mol. The molecule has 7 amide bonds. The Morgan fingerprint density at radius 3 is 2.10 bits per heavy atom. The molecule has 9 aromatic rings. The van der Waals surface area contributed by atoms with E-state index in [0.717, 1.165) is 59.9 Å². The van der Waals surface area contributed by atoms with Crippen molar-refractivity contribution in [3.8, 4) is 49.1 Å². The number of rotatable bonds is 12. The molecule has 2 fully saturated rings. The number of aliphatic hydroxyl groups is 1. The summed E-state index contributed by atoms with van der Waals surface area (Å²) in [7, 11) is 0. The van der Waals surface area contributed by atoms with Crippen molar-refractivity contribution in [3.63, 3.8) is 0 Å². The number of phenols is 1. The molecule has 31 heteroatoms. The number of ether oxygens (including phenoxy) is 1. The number of thiazole rings is 6. The zero-order valence-electron chi connectivity index (χ0n) is 48.4. The highest BCUT2D eigenvalue weighted by Gasteiger charge is 2.46. The average Bonchev–Trinajstić information content (AvgIpc) is 1.94. The van der Waals surface area contributed by atoms with Gasteiger partial charge in [-0.1, -0.05) is 49.4 Å². The molecule has 12 rings (SSSR count). The molecule has 7 atom stereocenters. The molecule has 10 N–H and O–H groups in total. The molecule has 25 nitrogen and oxygen atoms in total. The number of nitrogens with one attached hydrogen (secondary N) is 4. The van der Waals surface area contributed by atoms with E-state index >= 15 is 4.79 Å². The molecule has 2 aromatic carbocycles. The van der Waals surface area contributed by atoms with Crippen LogP contribution in [0.5, 0.6) is 5.75 Å². The number of aromatic nitrogens is 7. The van der Waals surface area contributed by atoms with E-state index in [1.165, 1.54) is 67.2 Å². The number of primary amides is 2. The lowest BCUT2D eigenvalue weighted by Gasteiger charge is -2.29. The molecular formula is C60H57N15O10S6. The molecule has 91 heavy (non-hydrogen) atoms. The van der Waals surface area contributed by atoms with Crippen LogP contribution in [0.4, 0.5) is 4.79 Å². The van der Waals surface area contributed by atoms with Crippen LogP contribution in [0, 0.1) is 12.8 Å². The van der Waals surface area contributed by atoms with Gasteiger partial charge in [0.25, 0.3) is 23.6 Å². The second-order valence-corrected chi connectivity index (χ2v) is 27.4. The van der Waals surface area contributed by atoms with Crippen LogP contribution in [-0.2, 0) is 20.7 Å². The SMILES string of the molecule is Cc1sc2nc1C(=O)N[C@@H]([C@H](OC(=O)NCCN1CCCC1)c1ccccc1)c1nc(cs1)C(=O)N[C@@H](Cc1ccc(O)cc1)C(=O)N1C[C@H](O)[C@H](C)[C@H]1c1nc(cs1)-c1nc(cs1)-c1nc(-c3nc(C(N)=O)cs3)ccc1-c1nc(cs1)C(=O)N[C@H]2CC(N)=O. The zero-order chi connectivity index (χ0) is 63.6. The number of nitrogens with zero attached hydrogens (tertiary/aromatic N) is 9. The van der Waals surface area contributed by atoms with Crippen molar-refractivity contribution < 1.29 is 48.5 Å². The maximum absolute atomic E-state index is 15.3. The molecule has 2 saturated heterocycles. The smallest absolute Gasteiger partial charge is 0.407 e. The van der Waals surface area contributed by atoms with Gasteiger partial charge in [-0.3, -0.25) is 28.8 Å². The Morgan fingerprint density at radius 2 is 1.35 bits per heavy atom. The fourth-order valence-corrected chi connectivity index (χ4v) is 16.2. The van der Waals surface area contributed by atoms with Gasteiger partial charge in [0.05, 0.1) is 30.3 Å². The van der Waals surface area contributed by atoms with Gasteiger partial charge in [-0.15, -0.1) is 68.0 Å². The first-order valence-corrected chi connectivity index (χ1v) is 33.9. The van der Waals surface area contributed by atoms with Gasteiger partial charge >= 0.3 is 6.09 Å². The van der Waals surface area contributed by atoms with E-state index in [-0.39, 0.29) is 58.1 Å². The summed E-state index contributed by atoms with van der Waals surface area (Å²) >= 11 is 6.87. The molecule has 0 radical (unpaired) electrons. The molecule has 3 aliphatic heterocycles. The lowest BCUT2D eigenvalue weighted by atomic mass is 10.00. The monoisotopic (exact) mass is 1340 g/mol. The minimum absolute atomic E-state index is 0.0110. The largest absolute Gasteiger partial charge is 0.508 e. The summed E-state index contributed by atoms with van der Waals surface area (Å²) in [6, 6.07) is 13.8. The number of hydrogen-bond acceptors (Lipinski definition) is 24. The topological polar surface area (TPSA) is 366 Å². The summed E-state index contributed by atoms with van der Waals surface area (Å²) in [6.07, 6.45) is -1.42. The Kier molecular flexibility index (Phi) is 18.5. The van der Waals surface area contributed by atoms with Crippen molar-refractivity contribution in [2.45, 2.75) is 75.9 Å². The van der Waals surface area contributed by atoms with Crippen LogP contribution >= 0.6 is 68.0 Å². The third-order valence-electron chi connectivity index (χ3n) is 15.6. The number of nitrogens with two attached hydrogens (primary N) is 2. The van der Waals surface area contributed by atoms with E-state index in [1.54, 1.807) is 72.3 Å². The summed E-state index contributed by atoms with van der Waals surface area (Å²) in [6.45, 7) is 6.02. The fourth-order valence-electron chi connectivity index (χ4n) is 10.9. The summed E-state index contributed by atoms with van der Waals surface area (Å²) < 4.78 is 6.25. The van der Waals surface area contributed by atoms with Crippen LogP contribution in [0.3, 0.4) is 0 Å². The van der Waals surface area contributed by atoms with Crippen LogP contribution < -0.4 is 32.7 Å². The summed E-state index contributed by atoms with van der Waals surface area (Å²) in [4.78, 5) is 136. The van der Waals surface area contributed by atoms with E-state index in [2.05, 4.69) is 31.2 Å². The van der Waals surface area contributed by atoms with E-state index in [9.17, 15) is 39.0 Å². The van der Waals surface area contributed by atoms with Gasteiger partial charge in [-0.05, 0) is 68.2 Å². The third kappa shape index (κ3) is 13.8. The lowest BCUT2D eigenvalue weighted by Crippen LogP contribution is -2.50. The van der Waals surface area contributed by atoms with E-state index < -0.39 is 90.3 Å². The van der Waals surface area contributed by atoms with Crippen molar-refractivity contribution in [1.82, 2.24) is 66.0 Å². The molecule has 10 bridgehead atoms. The van der Waals surface area contributed by atoms with E-state index in [0.29, 0.717) is 70.9 Å². The standard InChI is InChI=1S/C60H57N15O10S6/c1-28-42(77)22-75-47(28)58-71-41(27-90-58)55-67-37(23-87-55)45-33(14-15-34(64-45)54-68-38(24-88-54)49(62)79)53-69-39(25-86-53)50(80)65-35(21-43(61)78)56-73-44(29(2)91-56)52(82)72-46(48(31-8-4-3-5-9-31)85-60(84)63-16-19-74-17-6-7-18-74)57-70-40(26-89-57)51(81)66-36(59(75)83)20-30-10-12-32(76)13-11-30/h3-5,8-15,23-28,35-36,42,46-48,76-77H,6-7,16-22H2,1-2H3,(H2,61,78)(H2,62,79)(H,63,84)(H,65,80)(H,66,81)(H,72,82)/t28-,35-,36-,42-,46-,47-,48+/m0/s1. The number of benzene rings is 2. The molecule has 0 saturated carbocycles. The van der Waals surface area contributed by atoms with Crippen LogP contribution in [-0.4, -0.2) is 141 Å². The number of hydrogen-bond donors (Lipinski definition) is 8. The second-order valence-electron chi connectivity index (χ2n) is 21.8. The Hall–Kier alpha value is -8.82. The van der Waals surface area contributed by atoms with Crippen molar-refractivity contribution in [2.75, 3.05) is 32.7 Å². The highest BCUT2D eigenvalue weighted by molar-refractivity contribution is 7.15. The second kappa shape index (κ2) is 26.9. The Labute approximate surface area is 543 Å². The minimum atomic E-state index is -1.30. The maximum Gasteiger partial charge on any atom is 0.407 e. The van der Waals surface area contributed by atoms with Gasteiger partial charge < -0.3 is 57.5 Å². The number of alkyl carbamates (subject to hydrolysis) is 1. The Balaban J connectivity index is 0.958. The number of fused-ring (bicyclic) bond motifs is 16. The highest BCUT2D eigenvalue weighted by atomic mass is 32.1. The predicted octanol–water partition coefficient (Wildman–Crippen LogP) is 7.22. The summed E-state index contributed by atoms with van der Waals surface area (Å²) in [5.41, 5.74) is 14.3. The zero-order valence-corrected chi connectivity index (χ0v) is 53.3. The van der Waals surface area contributed by atoms with Crippen molar-refractivity contribution in [1.29, 1.82) is 0 Å². The Bertz CT molecular complexity index is 4220. The predicted molar refractivity (Wildman–Crippen MR) is 342 cm³/mol. The molecule has 0 spiro atoms. The fraction of sp³-hybridized carbons (Fsp3) is 0.300. The minimum Gasteiger partial charge on any atom is -0.508 e. The first kappa shape index (κ1) is 62.4. The number of aliphatic hydroxyl groups excluding tert-OH is 1. The number of likely N-dealkylation sites (tertiary alicyclic amines) is 1. The van der Waals surface area contributed by atoms with Gasteiger partial charge in [0.15, 0.2) is 6.10 Å². The van der Waals surface area contributed by atoms with Gasteiger partial charge in [0, 0.05) is 69.3 Å². The molecule has 10 heterocycles.